The third kappa shape index (κ3) is 3.33. The van der Waals surface area contributed by atoms with Gasteiger partial charge >= 0.3 is 0 Å². The van der Waals surface area contributed by atoms with Crippen molar-refractivity contribution in [3.05, 3.63) is 83.9 Å². The van der Waals surface area contributed by atoms with Crippen molar-refractivity contribution in [2.45, 2.75) is 0 Å². The number of hydrazine groups is 1. The van der Waals surface area contributed by atoms with Gasteiger partial charge in [-0.2, -0.15) is 0 Å². The van der Waals surface area contributed by atoms with Gasteiger partial charge in [0.15, 0.2) is 0 Å². The first-order chi connectivity index (χ1) is 14.5. The second-order valence-electron chi connectivity index (χ2n) is 6.78. The van der Waals surface area contributed by atoms with E-state index in [4.69, 9.17) is 15.3 Å². The van der Waals surface area contributed by atoms with Gasteiger partial charge in [0.1, 0.15) is 11.5 Å². The first kappa shape index (κ1) is 19.4. The van der Waals surface area contributed by atoms with Gasteiger partial charge in [-0.15, -0.1) is 0 Å². The van der Waals surface area contributed by atoms with Crippen molar-refractivity contribution in [1.82, 2.24) is 5.01 Å². The molecule has 0 heterocycles. The number of hydrogen-bond donors (Lipinski definition) is 1. The Labute approximate surface area is 173 Å². The van der Waals surface area contributed by atoms with E-state index in [1.54, 1.807) is 24.3 Å². The third-order valence-electron chi connectivity index (χ3n) is 5.03. The maximum atomic E-state index is 13.1. The van der Waals surface area contributed by atoms with Gasteiger partial charge < -0.3 is 9.47 Å². The van der Waals surface area contributed by atoms with Gasteiger partial charge in [0.25, 0.3) is 11.8 Å². The number of carbonyl (C=O) groups is 2. The summed E-state index contributed by atoms with van der Waals surface area (Å²) in [6.07, 6.45) is 0. The van der Waals surface area contributed by atoms with Gasteiger partial charge in [-0.05, 0) is 45.8 Å². The highest BCUT2D eigenvalue weighted by molar-refractivity contribution is 6.14. The van der Waals surface area contributed by atoms with Crippen LogP contribution in [0.2, 0.25) is 0 Å². The summed E-state index contributed by atoms with van der Waals surface area (Å²) in [6, 6.07) is 21.9. The molecule has 0 spiro atoms. The predicted molar refractivity (Wildman–Crippen MR) is 116 cm³/mol. The molecule has 2 amide bonds. The normalized spacial score (nSPS) is 10.8. The molecule has 6 heteroatoms. The van der Waals surface area contributed by atoms with Crippen molar-refractivity contribution in [3.8, 4) is 11.5 Å². The highest BCUT2D eigenvalue weighted by Gasteiger charge is 2.26. The molecule has 0 aliphatic rings. The monoisotopic (exact) mass is 400 g/mol. The first-order valence-electron chi connectivity index (χ1n) is 9.30. The summed E-state index contributed by atoms with van der Waals surface area (Å²) in [5.41, 5.74) is 0.401. The second-order valence-corrected chi connectivity index (χ2v) is 6.78. The minimum Gasteiger partial charge on any atom is -0.496 e. The second kappa shape index (κ2) is 7.85. The number of rotatable bonds is 4. The number of amides is 2. The molecule has 150 valence electrons. The van der Waals surface area contributed by atoms with Crippen LogP contribution in [0.15, 0.2) is 72.8 Å². The molecule has 4 aromatic rings. The average molecular weight is 400 g/mol. The summed E-state index contributed by atoms with van der Waals surface area (Å²) >= 11 is 0. The quantitative estimate of drug-likeness (QED) is 0.241. The molecule has 0 radical (unpaired) electrons. The van der Waals surface area contributed by atoms with Crippen LogP contribution in [0.4, 0.5) is 0 Å². The van der Waals surface area contributed by atoms with Crippen LogP contribution in [0.1, 0.15) is 20.7 Å². The smallest absolute Gasteiger partial charge is 0.278 e. The molecule has 0 aromatic heterocycles. The summed E-state index contributed by atoms with van der Waals surface area (Å²) in [6.45, 7) is 0. The lowest BCUT2D eigenvalue weighted by atomic mass is 10.0. The van der Waals surface area contributed by atoms with Crippen LogP contribution in [-0.4, -0.2) is 31.0 Å². The van der Waals surface area contributed by atoms with E-state index in [9.17, 15) is 9.59 Å². The molecular weight excluding hydrogens is 380 g/mol. The summed E-state index contributed by atoms with van der Waals surface area (Å²) in [5, 5.41) is 4.10. The van der Waals surface area contributed by atoms with Crippen LogP contribution < -0.4 is 15.3 Å². The van der Waals surface area contributed by atoms with E-state index in [2.05, 4.69) is 0 Å². The summed E-state index contributed by atoms with van der Waals surface area (Å²) < 4.78 is 10.7. The highest BCUT2D eigenvalue weighted by atomic mass is 16.5. The van der Waals surface area contributed by atoms with Crippen molar-refractivity contribution in [2.75, 3.05) is 14.2 Å². The van der Waals surface area contributed by atoms with E-state index in [-0.39, 0.29) is 11.1 Å². The van der Waals surface area contributed by atoms with Gasteiger partial charge in [-0.3, -0.25) is 9.59 Å². The Morgan fingerprint density at radius 2 is 1.00 bits per heavy atom. The zero-order chi connectivity index (χ0) is 21.3. The lowest BCUT2D eigenvalue weighted by Crippen LogP contribution is -2.42. The molecule has 0 aliphatic heterocycles. The molecule has 0 saturated carbocycles. The molecular formula is C24H20N2O4. The van der Waals surface area contributed by atoms with Gasteiger partial charge in [-0.25, -0.2) is 10.9 Å². The number of hydrogen-bond acceptors (Lipinski definition) is 5. The zero-order valence-corrected chi connectivity index (χ0v) is 16.6. The number of methoxy groups -OCH3 is 2. The molecule has 0 aliphatic carbocycles. The molecule has 6 nitrogen and oxygen atoms in total. The number of imide groups is 1. The number of nitrogens with two attached hydrogens (primary N) is 1. The summed E-state index contributed by atoms with van der Waals surface area (Å²) in [4.78, 5) is 26.2. The largest absolute Gasteiger partial charge is 0.496 e. The molecule has 2 N–H and O–H groups in total. The van der Waals surface area contributed by atoms with Crippen LogP contribution in [0.5, 0.6) is 11.5 Å². The summed E-state index contributed by atoms with van der Waals surface area (Å²) in [7, 11) is 2.94. The first-order valence-corrected chi connectivity index (χ1v) is 9.30. The Bertz CT molecular complexity index is 1180. The SMILES string of the molecule is COc1cc2ccccc2cc1C(=O)N(N)C(=O)c1cc2ccccc2cc1OC. The molecule has 0 fully saturated rings. The van der Waals surface area contributed by atoms with Crippen molar-refractivity contribution >= 4 is 33.4 Å². The Balaban J connectivity index is 1.75. The van der Waals surface area contributed by atoms with Crippen molar-refractivity contribution in [2.24, 2.45) is 5.84 Å². The third-order valence-corrected chi connectivity index (χ3v) is 5.03. The van der Waals surface area contributed by atoms with Crippen molar-refractivity contribution in [1.29, 1.82) is 0 Å². The Kier molecular flexibility index (Phi) is 5.08. The van der Waals surface area contributed by atoms with E-state index in [1.165, 1.54) is 14.2 Å². The fraction of sp³-hybridized carbons (Fsp3) is 0.0833. The summed E-state index contributed by atoms with van der Waals surface area (Å²) in [5.74, 6) is 5.33. The fourth-order valence-corrected chi connectivity index (χ4v) is 3.46. The molecule has 4 aromatic carbocycles. The van der Waals surface area contributed by atoms with Crippen LogP contribution in [0.25, 0.3) is 21.5 Å². The van der Waals surface area contributed by atoms with Crippen LogP contribution >= 0.6 is 0 Å². The van der Waals surface area contributed by atoms with Crippen LogP contribution in [0, 0.1) is 0 Å². The van der Waals surface area contributed by atoms with Gasteiger partial charge in [-0.1, -0.05) is 48.5 Å². The van der Waals surface area contributed by atoms with Gasteiger partial charge in [0, 0.05) is 0 Å². The van der Waals surface area contributed by atoms with Crippen LogP contribution in [-0.2, 0) is 0 Å². The van der Waals surface area contributed by atoms with Gasteiger partial charge in [0.05, 0.1) is 25.3 Å². The van der Waals surface area contributed by atoms with E-state index in [0.717, 1.165) is 21.5 Å². The minimum absolute atomic E-state index is 0.201. The Hall–Kier alpha value is -3.90. The molecule has 0 unspecified atom stereocenters. The number of carbonyl (C=O) groups excluding carboxylic acids is 2. The van der Waals surface area contributed by atoms with E-state index in [1.807, 2.05) is 48.5 Å². The lowest BCUT2D eigenvalue weighted by Gasteiger charge is -2.19. The number of nitrogens with zero attached hydrogens (tertiary/aromatic N) is 1. The highest BCUT2D eigenvalue weighted by Crippen LogP contribution is 2.29. The van der Waals surface area contributed by atoms with E-state index < -0.39 is 11.8 Å². The molecule has 0 saturated heterocycles. The number of fused-ring (bicyclic) bond motifs is 2. The topological polar surface area (TPSA) is 81.9 Å². The van der Waals surface area contributed by atoms with Crippen LogP contribution in [0.3, 0.4) is 0 Å². The Morgan fingerprint density at radius 3 is 1.33 bits per heavy atom. The fourth-order valence-electron chi connectivity index (χ4n) is 3.46. The number of benzene rings is 4. The maximum absolute atomic E-state index is 13.1. The maximum Gasteiger partial charge on any atom is 0.278 e. The van der Waals surface area contributed by atoms with Gasteiger partial charge in [0.2, 0.25) is 0 Å². The minimum atomic E-state index is -0.669. The lowest BCUT2D eigenvalue weighted by molar-refractivity contribution is 0.0612. The zero-order valence-electron chi connectivity index (χ0n) is 16.6. The average Bonchev–Trinajstić information content (AvgIpc) is 2.80. The number of ether oxygens (including phenoxy) is 2. The molecule has 0 atom stereocenters. The predicted octanol–water partition coefficient (Wildman–Crippen LogP) is 4.17. The van der Waals surface area contributed by atoms with E-state index >= 15 is 0 Å². The molecule has 0 bridgehead atoms. The van der Waals surface area contributed by atoms with E-state index in [0.29, 0.717) is 16.5 Å². The van der Waals surface area contributed by atoms with Crippen molar-refractivity contribution < 1.29 is 19.1 Å². The Morgan fingerprint density at radius 1 is 0.667 bits per heavy atom. The van der Waals surface area contributed by atoms with Crippen molar-refractivity contribution in [3.63, 3.8) is 0 Å². The standard InChI is InChI=1S/C24H20N2O4/c1-29-21-13-17-9-5-3-7-15(17)11-19(21)23(27)26(25)24(28)20-12-16-8-4-6-10-18(16)14-22(20)30-2/h3-14H,25H2,1-2H3. The molecule has 30 heavy (non-hydrogen) atoms. The molecule has 4 rings (SSSR count).